The van der Waals surface area contributed by atoms with Crippen LogP contribution in [0.3, 0.4) is 0 Å². The Kier molecular flexibility index (Phi) is 4.09. The Morgan fingerprint density at radius 3 is 3.00 bits per heavy atom. The van der Waals surface area contributed by atoms with E-state index in [0.29, 0.717) is 12.5 Å². The van der Waals surface area contributed by atoms with Crippen molar-refractivity contribution in [3.63, 3.8) is 0 Å². The van der Waals surface area contributed by atoms with E-state index in [1.165, 1.54) is 5.56 Å². The summed E-state index contributed by atoms with van der Waals surface area (Å²) in [5.41, 5.74) is 2.08. The highest BCUT2D eigenvalue weighted by Crippen LogP contribution is 2.26. The molecule has 1 fully saturated rings. The van der Waals surface area contributed by atoms with Crippen molar-refractivity contribution in [3.05, 3.63) is 60.2 Å². The molecule has 3 rings (SSSR count). The number of hydrogen-bond acceptors (Lipinski definition) is 3. The van der Waals surface area contributed by atoms with Gasteiger partial charge in [0.25, 0.3) is 0 Å². The Hall–Kier alpha value is -2.43. The SMILES string of the molecule is O=C(NCc1ccccn1)N1CCC(c2cccnc2)C1. The van der Waals surface area contributed by atoms with E-state index in [9.17, 15) is 4.79 Å². The molecule has 1 saturated heterocycles. The fourth-order valence-corrected chi connectivity index (χ4v) is 2.61. The van der Waals surface area contributed by atoms with Crippen LogP contribution < -0.4 is 5.32 Å². The van der Waals surface area contributed by atoms with Gasteiger partial charge in [-0.1, -0.05) is 12.1 Å². The molecule has 1 atom stereocenters. The second kappa shape index (κ2) is 6.35. The first-order chi connectivity index (χ1) is 10.3. The molecular formula is C16H18N4O. The van der Waals surface area contributed by atoms with E-state index in [2.05, 4.69) is 21.4 Å². The zero-order chi connectivity index (χ0) is 14.5. The van der Waals surface area contributed by atoms with Gasteiger partial charge in [-0.25, -0.2) is 4.79 Å². The Morgan fingerprint density at radius 1 is 1.29 bits per heavy atom. The molecule has 2 amide bonds. The minimum Gasteiger partial charge on any atom is -0.332 e. The molecule has 1 unspecified atom stereocenters. The van der Waals surface area contributed by atoms with Gasteiger partial charge in [0.2, 0.25) is 0 Å². The molecular weight excluding hydrogens is 264 g/mol. The second-order valence-electron chi connectivity index (χ2n) is 5.20. The van der Waals surface area contributed by atoms with Crippen molar-refractivity contribution in [2.45, 2.75) is 18.9 Å². The number of aromatic nitrogens is 2. The number of urea groups is 1. The summed E-state index contributed by atoms with van der Waals surface area (Å²) in [6, 6.07) is 9.69. The highest BCUT2D eigenvalue weighted by atomic mass is 16.2. The van der Waals surface area contributed by atoms with Gasteiger partial charge >= 0.3 is 6.03 Å². The van der Waals surface area contributed by atoms with Gasteiger partial charge in [0, 0.05) is 37.6 Å². The third-order valence-corrected chi connectivity index (χ3v) is 3.78. The lowest BCUT2D eigenvalue weighted by molar-refractivity contribution is 0.207. The van der Waals surface area contributed by atoms with Gasteiger partial charge < -0.3 is 10.2 Å². The number of nitrogens with one attached hydrogen (secondary N) is 1. The van der Waals surface area contributed by atoms with Gasteiger partial charge in [0.15, 0.2) is 0 Å². The van der Waals surface area contributed by atoms with Crippen molar-refractivity contribution in [1.29, 1.82) is 0 Å². The van der Waals surface area contributed by atoms with E-state index in [0.717, 1.165) is 25.2 Å². The van der Waals surface area contributed by atoms with E-state index >= 15 is 0 Å². The van der Waals surface area contributed by atoms with Crippen molar-refractivity contribution in [1.82, 2.24) is 20.2 Å². The number of pyridine rings is 2. The average Bonchev–Trinajstić information content (AvgIpc) is 3.04. The summed E-state index contributed by atoms with van der Waals surface area (Å²) in [5.74, 6) is 0.388. The van der Waals surface area contributed by atoms with Crippen LogP contribution in [0.1, 0.15) is 23.6 Å². The van der Waals surface area contributed by atoms with E-state index in [1.54, 1.807) is 12.4 Å². The summed E-state index contributed by atoms with van der Waals surface area (Å²) in [5, 5.41) is 2.92. The van der Waals surface area contributed by atoms with Gasteiger partial charge in [0.05, 0.1) is 12.2 Å². The molecule has 1 aliphatic heterocycles. The normalized spacial score (nSPS) is 17.7. The summed E-state index contributed by atoms with van der Waals surface area (Å²) in [6.45, 7) is 2.00. The predicted octanol–water partition coefficient (Wildman–Crippen LogP) is 2.18. The van der Waals surface area contributed by atoms with Crippen molar-refractivity contribution < 1.29 is 4.79 Å². The number of hydrogen-bond donors (Lipinski definition) is 1. The molecule has 2 aromatic rings. The molecule has 3 heterocycles. The Balaban J connectivity index is 1.53. The summed E-state index contributed by atoms with van der Waals surface area (Å²) in [7, 11) is 0. The molecule has 21 heavy (non-hydrogen) atoms. The standard InChI is InChI=1S/C16H18N4O/c21-16(19-11-15-5-1-2-8-18-15)20-9-6-14(12-20)13-4-3-7-17-10-13/h1-5,7-8,10,14H,6,9,11-12H2,(H,19,21). The van der Waals surface area contributed by atoms with Gasteiger partial charge in [-0.05, 0) is 30.2 Å². The molecule has 0 spiro atoms. The lowest BCUT2D eigenvalue weighted by atomic mass is 10.0. The van der Waals surface area contributed by atoms with Gasteiger partial charge in [-0.15, -0.1) is 0 Å². The highest BCUT2D eigenvalue weighted by Gasteiger charge is 2.27. The smallest absolute Gasteiger partial charge is 0.317 e. The maximum atomic E-state index is 12.2. The van der Waals surface area contributed by atoms with Gasteiger partial charge in [-0.2, -0.15) is 0 Å². The lowest BCUT2D eigenvalue weighted by Crippen LogP contribution is -2.38. The molecule has 0 bridgehead atoms. The number of rotatable bonds is 3. The van der Waals surface area contributed by atoms with Crippen LogP contribution in [-0.2, 0) is 6.54 Å². The Morgan fingerprint density at radius 2 is 2.24 bits per heavy atom. The molecule has 1 aliphatic rings. The third-order valence-electron chi connectivity index (χ3n) is 3.78. The molecule has 108 valence electrons. The average molecular weight is 282 g/mol. The van der Waals surface area contributed by atoms with Crippen LogP contribution in [0.4, 0.5) is 4.79 Å². The monoisotopic (exact) mass is 282 g/mol. The van der Waals surface area contributed by atoms with Crippen LogP contribution >= 0.6 is 0 Å². The van der Waals surface area contributed by atoms with Crippen molar-refractivity contribution >= 4 is 6.03 Å². The maximum absolute atomic E-state index is 12.2. The number of carbonyl (C=O) groups is 1. The molecule has 5 nitrogen and oxygen atoms in total. The van der Waals surface area contributed by atoms with Crippen molar-refractivity contribution in [2.24, 2.45) is 0 Å². The zero-order valence-corrected chi connectivity index (χ0v) is 11.8. The number of amides is 2. The van der Waals surface area contributed by atoms with Crippen LogP contribution in [0, 0.1) is 0 Å². The van der Waals surface area contributed by atoms with E-state index in [-0.39, 0.29) is 6.03 Å². The van der Waals surface area contributed by atoms with E-state index < -0.39 is 0 Å². The highest BCUT2D eigenvalue weighted by molar-refractivity contribution is 5.74. The maximum Gasteiger partial charge on any atom is 0.317 e. The minimum absolute atomic E-state index is 0.0213. The van der Waals surface area contributed by atoms with Crippen LogP contribution in [0.2, 0.25) is 0 Å². The molecule has 0 saturated carbocycles. The summed E-state index contributed by atoms with van der Waals surface area (Å²) >= 11 is 0. The Bertz CT molecular complexity index is 588. The summed E-state index contributed by atoms with van der Waals surface area (Å²) < 4.78 is 0. The molecule has 5 heteroatoms. The predicted molar refractivity (Wildman–Crippen MR) is 79.6 cm³/mol. The molecule has 0 aromatic carbocycles. The Labute approximate surface area is 124 Å². The molecule has 2 aromatic heterocycles. The molecule has 1 N–H and O–H groups in total. The second-order valence-corrected chi connectivity index (χ2v) is 5.20. The topological polar surface area (TPSA) is 58.1 Å². The zero-order valence-electron chi connectivity index (χ0n) is 11.8. The van der Waals surface area contributed by atoms with Crippen molar-refractivity contribution in [3.8, 4) is 0 Å². The van der Waals surface area contributed by atoms with Crippen LogP contribution in [-0.4, -0.2) is 34.0 Å². The van der Waals surface area contributed by atoms with E-state index in [4.69, 9.17) is 0 Å². The lowest BCUT2D eigenvalue weighted by Gasteiger charge is -2.17. The first-order valence-electron chi connectivity index (χ1n) is 7.15. The fraction of sp³-hybridized carbons (Fsp3) is 0.312. The first-order valence-corrected chi connectivity index (χ1v) is 7.15. The minimum atomic E-state index is -0.0213. The van der Waals surface area contributed by atoms with E-state index in [1.807, 2.05) is 35.4 Å². The molecule has 0 aliphatic carbocycles. The van der Waals surface area contributed by atoms with Gasteiger partial charge in [-0.3, -0.25) is 9.97 Å². The van der Waals surface area contributed by atoms with Gasteiger partial charge in [0.1, 0.15) is 0 Å². The van der Waals surface area contributed by atoms with Crippen LogP contribution in [0.25, 0.3) is 0 Å². The fourth-order valence-electron chi connectivity index (χ4n) is 2.61. The van der Waals surface area contributed by atoms with Crippen LogP contribution in [0.15, 0.2) is 48.9 Å². The number of nitrogens with zero attached hydrogens (tertiary/aromatic N) is 3. The van der Waals surface area contributed by atoms with Crippen LogP contribution in [0.5, 0.6) is 0 Å². The summed E-state index contributed by atoms with van der Waals surface area (Å²) in [6.07, 6.45) is 6.38. The summed E-state index contributed by atoms with van der Waals surface area (Å²) in [4.78, 5) is 22.4. The number of likely N-dealkylation sites (tertiary alicyclic amines) is 1. The quantitative estimate of drug-likeness (QED) is 0.938. The number of carbonyl (C=O) groups excluding carboxylic acids is 1. The largest absolute Gasteiger partial charge is 0.332 e. The molecule has 0 radical (unpaired) electrons. The third kappa shape index (κ3) is 3.37. The van der Waals surface area contributed by atoms with Crippen molar-refractivity contribution in [2.75, 3.05) is 13.1 Å². The first kappa shape index (κ1) is 13.5.